The fraction of sp³-hybridized carbons (Fsp3) is 0.333. The van der Waals surface area contributed by atoms with Crippen LogP contribution in [-0.2, 0) is 36.1 Å². The van der Waals surface area contributed by atoms with Crippen molar-refractivity contribution in [3.63, 3.8) is 0 Å². The molecule has 17 nitrogen and oxygen atoms in total. The molecule has 4 rings (SSSR count). The van der Waals surface area contributed by atoms with Gasteiger partial charge in [-0.1, -0.05) is 17.3 Å². The van der Waals surface area contributed by atoms with Gasteiger partial charge in [0.05, 0.1) is 12.2 Å². The molecule has 230 valence electrons. The van der Waals surface area contributed by atoms with Crippen LogP contribution < -0.4 is 21.5 Å². The third-order valence-corrected chi connectivity index (χ3v) is 7.89. The summed E-state index contributed by atoms with van der Waals surface area (Å²) in [5, 5.41) is 21.3. The second-order valence-corrected chi connectivity index (χ2v) is 11.4. The number of hydrogen-bond donors (Lipinski definition) is 5. The molecule has 0 radical (unpaired) electrons. The van der Waals surface area contributed by atoms with Gasteiger partial charge in [-0.15, -0.1) is 11.3 Å². The zero-order valence-corrected chi connectivity index (χ0v) is 24.2. The largest absolute Gasteiger partial charge is 0.489 e. The molecule has 1 unspecified atom stereocenters. The Bertz CT molecular complexity index is 1620. The maximum atomic E-state index is 13.0. The second kappa shape index (κ2) is 13.2. The van der Waals surface area contributed by atoms with E-state index in [4.69, 9.17) is 25.6 Å². The van der Waals surface area contributed by atoms with E-state index in [9.17, 15) is 27.9 Å². The van der Waals surface area contributed by atoms with Gasteiger partial charge in [0.2, 0.25) is 0 Å². The van der Waals surface area contributed by atoms with Gasteiger partial charge in [0, 0.05) is 23.7 Å². The van der Waals surface area contributed by atoms with Gasteiger partial charge in [0.25, 0.3) is 17.9 Å². The minimum Gasteiger partial charge on any atom is -0.489 e. The van der Waals surface area contributed by atoms with Gasteiger partial charge in [0.1, 0.15) is 24.1 Å². The summed E-state index contributed by atoms with van der Waals surface area (Å²) < 4.78 is 39.4. The zero-order chi connectivity index (χ0) is 31.3. The van der Waals surface area contributed by atoms with Crippen molar-refractivity contribution in [1.29, 1.82) is 0 Å². The highest BCUT2D eigenvalue weighted by atomic mass is 32.2. The highest BCUT2D eigenvalue weighted by molar-refractivity contribution is 7.84. The molecule has 3 aromatic rings. The van der Waals surface area contributed by atoms with Crippen molar-refractivity contribution in [2.45, 2.75) is 38.1 Å². The summed E-state index contributed by atoms with van der Waals surface area (Å²) >= 11 is 0.957. The number of aliphatic carboxylic acids is 1. The number of aromatic nitrogens is 3. The highest BCUT2D eigenvalue weighted by Gasteiger charge is 2.51. The topological polar surface area (TPSA) is 255 Å². The molecule has 0 spiro atoms. The van der Waals surface area contributed by atoms with E-state index in [0.717, 1.165) is 28.9 Å². The van der Waals surface area contributed by atoms with E-state index in [1.165, 1.54) is 12.3 Å². The number of anilines is 1. The van der Waals surface area contributed by atoms with E-state index in [-0.39, 0.29) is 15.1 Å². The van der Waals surface area contributed by atoms with Crippen LogP contribution >= 0.6 is 11.3 Å². The first-order chi connectivity index (χ1) is 20.4. The molecule has 1 aliphatic rings. The van der Waals surface area contributed by atoms with Crippen LogP contribution in [0.5, 0.6) is 5.75 Å². The number of nitrogens with one attached hydrogen (secondary N) is 1. The Labute approximate surface area is 248 Å². The van der Waals surface area contributed by atoms with Crippen LogP contribution in [0, 0.1) is 0 Å². The summed E-state index contributed by atoms with van der Waals surface area (Å²) in [6.07, 6.45) is 2.73. The molecule has 7 N–H and O–H groups in total. The van der Waals surface area contributed by atoms with Crippen LogP contribution in [0.1, 0.15) is 19.0 Å². The minimum atomic E-state index is -4.82. The molecule has 1 saturated heterocycles. The molecule has 2 amide bonds. The first-order valence-electron chi connectivity index (χ1n) is 12.6. The smallest absolute Gasteiger partial charge is 0.362 e. The number of carboxylic acids is 1. The summed E-state index contributed by atoms with van der Waals surface area (Å²) in [6, 6.07) is 4.40. The third kappa shape index (κ3) is 7.44. The first-order valence-corrected chi connectivity index (χ1v) is 14.9. The quantitative estimate of drug-likeness (QED) is 0.0660. The molecule has 2 aromatic heterocycles. The molecule has 43 heavy (non-hydrogen) atoms. The fourth-order valence-electron chi connectivity index (χ4n) is 3.98. The lowest BCUT2D eigenvalue weighted by atomic mass is 10.0. The van der Waals surface area contributed by atoms with Crippen molar-refractivity contribution < 1.29 is 42.0 Å². The van der Waals surface area contributed by atoms with Crippen LogP contribution in [0.15, 0.2) is 47.2 Å². The van der Waals surface area contributed by atoms with E-state index in [1.54, 1.807) is 35.1 Å². The van der Waals surface area contributed by atoms with Gasteiger partial charge in [-0.2, -0.15) is 13.5 Å². The predicted molar refractivity (Wildman–Crippen MR) is 152 cm³/mol. The Morgan fingerprint density at radius 3 is 2.56 bits per heavy atom. The van der Waals surface area contributed by atoms with Gasteiger partial charge in [-0.3, -0.25) is 18.8 Å². The molecule has 0 bridgehead atoms. The Morgan fingerprint density at radius 1 is 1.26 bits per heavy atom. The van der Waals surface area contributed by atoms with Gasteiger partial charge in [-0.25, -0.2) is 14.1 Å². The van der Waals surface area contributed by atoms with Crippen LogP contribution in [0.2, 0.25) is 0 Å². The highest BCUT2D eigenvalue weighted by Crippen LogP contribution is 2.24. The van der Waals surface area contributed by atoms with Crippen LogP contribution in [0.3, 0.4) is 0 Å². The van der Waals surface area contributed by atoms with Crippen molar-refractivity contribution in [2.24, 2.45) is 10.9 Å². The maximum Gasteiger partial charge on any atom is 0.362 e. The Hall–Kier alpha value is -4.59. The summed E-state index contributed by atoms with van der Waals surface area (Å²) in [4.78, 5) is 46.1. The van der Waals surface area contributed by atoms with Gasteiger partial charge in [-0.05, 0) is 37.6 Å². The molecule has 0 saturated carbocycles. The number of β-lactam (4-membered cyclic amide) rings is 1. The SMILES string of the molecule is C[C@H]1[C@H](NC(=O)C(=NOC(COc2ccc(-c3cnn(CCCN)c3)cc2)C(=O)O)c2csc(N)n2)C(=O)N1S(=O)(=O)O. The molecule has 19 heteroatoms. The molecular formula is C24H28N8O9S2. The van der Waals surface area contributed by atoms with E-state index in [1.807, 2.05) is 6.20 Å². The maximum absolute atomic E-state index is 13.0. The number of carbonyl (C=O) groups is 3. The Morgan fingerprint density at radius 2 is 1.98 bits per heavy atom. The molecule has 1 aliphatic heterocycles. The molecule has 0 aliphatic carbocycles. The number of nitrogen functional groups attached to an aromatic ring is 1. The average molecular weight is 637 g/mol. The fourth-order valence-corrected chi connectivity index (χ4v) is 5.41. The van der Waals surface area contributed by atoms with Gasteiger partial charge >= 0.3 is 16.3 Å². The van der Waals surface area contributed by atoms with E-state index >= 15 is 0 Å². The van der Waals surface area contributed by atoms with Gasteiger partial charge in [0.15, 0.2) is 10.8 Å². The average Bonchev–Trinajstić information content (AvgIpc) is 3.61. The normalized spacial score (nSPS) is 17.7. The Balaban J connectivity index is 1.42. The zero-order valence-electron chi connectivity index (χ0n) is 22.6. The van der Waals surface area contributed by atoms with E-state index in [2.05, 4.69) is 20.6 Å². The number of carboxylic acid groups (broad SMARTS) is 1. The molecular weight excluding hydrogens is 608 g/mol. The van der Waals surface area contributed by atoms with Crippen LogP contribution in [0.4, 0.5) is 5.13 Å². The molecule has 1 fully saturated rings. The van der Waals surface area contributed by atoms with Crippen LogP contribution in [0.25, 0.3) is 11.1 Å². The molecule has 1 aromatic carbocycles. The summed E-state index contributed by atoms with van der Waals surface area (Å²) in [5.41, 5.74) is 12.3. The second-order valence-electron chi connectivity index (χ2n) is 9.22. The number of amides is 2. The van der Waals surface area contributed by atoms with Gasteiger partial charge < -0.3 is 31.5 Å². The number of nitrogens with two attached hydrogens (primary N) is 2. The summed E-state index contributed by atoms with van der Waals surface area (Å²) in [6.45, 7) is 2.04. The van der Waals surface area contributed by atoms with Crippen molar-refractivity contribution in [3.8, 4) is 16.9 Å². The number of carbonyl (C=O) groups excluding carboxylic acids is 2. The number of benzene rings is 1. The lowest BCUT2D eigenvalue weighted by molar-refractivity contribution is -0.152. The van der Waals surface area contributed by atoms with Crippen LogP contribution in [-0.4, -0.2) is 92.0 Å². The first kappa shape index (κ1) is 31.3. The number of thiazole rings is 1. The summed E-state index contributed by atoms with van der Waals surface area (Å²) in [7, 11) is -4.82. The van der Waals surface area contributed by atoms with Crippen molar-refractivity contribution in [2.75, 3.05) is 18.9 Å². The van der Waals surface area contributed by atoms with E-state index < -0.39 is 58.6 Å². The lowest BCUT2D eigenvalue weighted by Crippen LogP contribution is -2.71. The minimum absolute atomic E-state index is 0.0607. The standard InChI is InChI=1S/C24H28N8O9S2/c1-13-19(22(34)32(13)43(37,38)39)29-21(33)20(17-12-42-24(26)28-17)30-41-18(23(35)36)11-40-16-5-3-14(4-6-16)15-9-27-31(10-15)8-2-7-25/h3-6,9-10,12-13,18-19H,2,7-8,11,25H2,1H3,(H2,26,28)(H,29,33)(H,35,36)(H,37,38,39)/t13-,18?,19-/m0/s1. The van der Waals surface area contributed by atoms with Crippen molar-refractivity contribution >= 4 is 50.3 Å². The number of oxime groups is 1. The Kier molecular flexibility index (Phi) is 9.59. The number of hydrogen-bond acceptors (Lipinski definition) is 13. The number of ether oxygens (including phenoxy) is 1. The number of aryl methyl sites for hydroxylation is 1. The lowest BCUT2D eigenvalue weighted by Gasteiger charge is -2.42. The molecule has 3 atom stereocenters. The monoisotopic (exact) mass is 636 g/mol. The summed E-state index contributed by atoms with van der Waals surface area (Å²) in [5.74, 6) is -3.22. The molecule has 3 heterocycles. The number of rotatable bonds is 14. The van der Waals surface area contributed by atoms with Crippen molar-refractivity contribution in [1.82, 2.24) is 24.4 Å². The number of nitrogens with zero attached hydrogens (tertiary/aromatic N) is 5. The third-order valence-electron chi connectivity index (χ3n) is 6.21. The van der Waals surface area contributed by atoms with E-state index in [0.29, 0.717) is 18.8 Å². The van der Waals surface area contributed by atoms with Crippen molar-refractivity contribution in [3.05, 3.63) is 47.7 Å². The predicted octanol–water partition coefficient (Wildman–Crippen LogP) is -0.291.